The highest BCUT2D eigenvalue weighted by Gasteiger charge is 2.15. The summed E-state index contributed by atoms with van der Waals surface area (Å²) in [5.41, 5.74) is -0.121. The van der Waals surface area contributed by atoms with Crippen LogP contribution in [0.25, 0.3) is 0 Å². The molecule has 0 aromatic carbocycles. The third kappa shape index (κ3) is 4.23. The van der Waals surface area contributed by atoms with E-state index in [-0.39, 0.29) is 21.9 Å². The summed E-state index contributed by atoms with van der Waals surface area (Å²) < 4.78 is 11.2. The van der Waals surface area contributed by atoms with Crippen LogP contribution in [0.3, 0.4) is 0 Å². The predicted molar refractivity (Wildman–Crippen MR) is 72.5 cm³/mol. The number of hydrogen-bond donors (Lipinski definition) is 1. The molecule has 1 N–H and O–H groups in total. The second-order valence-corrected chi connectivity index (χ2v) is 5.97. The molecule has 18 heavy (non-hydrogen) atoms. The molecule has 8 heteroatoms. The first kappa shape index (κ1) is 14.8. The van der Waals surface area contributed by atoms with E-state index in [0.29, 0.717) is 13.0 Å². The first-order chi connectivity index (χ1) is 8.41. The van der Waals surface area contributed by atoms with Crippen molar-refractivity contribution in [3.8, 4) is 0 Å². The zero-order valence-corrected chi connectivity index (χ0v) is 11.6. The first-order valence-electron chi connectivity index (χ1n) is 5.29. The van der Waals surface area contributed by atoms with Crippen LogP contribution < -0.4 is 5.32 Å². The third-order valence-electron chi connectivity index (χ3n) is 2.45. The largest absolute Gasteiger partial charge is 0.364 e. The Labute approximate surface area is 112 Å². The number of aromatic nitrogens is 1. The quantitative estimate of drug-likeness (QED) is 0.493. The van der Waals surface area contributed by atoms with Crippen molar-refractivity contribution in [3.05, 3.63) is 27.4 Å². The minimum absolute atomic E-state index is 0.0238. The number of pyridine rings is 1. The van der Waals surface area contributed by atoms with Gasteiger partial charge in [-0.25, -0.2) is 4.98 Å². The molecule has 100 valence electrons. The fourth-order valence-corrected chi connectivity index (χ4v) is 1.86. The van der Waals surface area contributed by atoms with E-state index in [0.717, 1.165) is 0 Å². The van der Waals surface area contributed by atoms with Crippen LogP contribution in [-0.4, -0.2) is 32.2 Å². The molecule has 2 atom stereocenters. The van der Waals surface area contributed by atoms with Crippen molar-refractivity contribution in [2.24, 2.45) is 0 Å². The van der Waals surface area contributed by atoms with Gasteiger partial charge in [0.1, 0.15) is 5.15 Å². The Morgan fingerprint density at radius 2 is 2.28 bits per heavy atom. The Morgan fingerprint density at radius 3 is 2.83 bits per heavy atom. The van der Waals surface area contributed by atoms with Gasteiger partial charge in [0.05, 0.1) is 4.92 Å². The second kappa shape index (κ2) is 6.65. The average molecular weight is 292 g/mol. The van der Waals surface area contributed by atoms with Crippen molar-refractivity contribution >= 4 is 33.9 Å². The van der Waals surface area contributed by atoms with E-state index in [1.54, 1.807) is 6.26 Å². The lowest BCUT2D eigenvalue weighted by Gasteiger charge is -2.09. The summed E-state index contributed by atoms with van der Waals surface area (Å²) in [6.07, 6.45) is 2.26. The van der Waals surface area contributed by atoms with Gasteiger partial charge in [0, 0.05) is 34.9 Å². The summed E-state index contributed by atoms with van der Waals surface area (Å²) in [6, 6.07) is 2.67. The monoisotopic (exact) mass is 291 g/mol. The smallest absolute Gasteiger partial charge is 0.311 e. The molecule has 0 aliphatic carbocycles. The number of halogens is 1. The maximum absolute atomic E-state index is 11.2. The van der Waals surface area contributed by atoms with Gasteiger partial charge in [-0.05, 0) is 12.5 Å². The van der Waals surface area contributed by atoms with Gasteiger partial charge in [-0.2, -0.15) is 0 Å². The van der Waals surface area contributed by atoms with Gasteiger partial charge in [-0.3, -0.25) is 14.3 Å². The van der Waals surface area contributed by atoms with Gasteiger partial charge >= 0.3 is 5.69 Å². The molecule has 1 heterocycles. The van der Waals surface area contributed by atoms with Gasteiger partial charge in [0.2, 0.25) is 5.82 Å². The van der Waals surface area contributed by atoms with Gasteiger partial charge in [-0.1, -0.05) is 18.5 Å². The van der Waals surface area contributed by atoms with Crippen molar-refractivity contribution in [1.82, 2.24) is 4.98 Å². The number of hydrogen-bond acceptors (Lipinski definition) is 5. The summed E-state index contributed by atoms with van der Waals surface area (Å²) in [7, 11) is -0.907. The number of nitrogens with zero attached hydrogens (tertiary/aromatic N) is 2. The van der Waals surface area contributed by atoms with Crippen molar-refractivity contribution in [2.75, 3.05) is 18.1 Å². The van der Waals surface area contributed by atoms with Crippen LogP contribution in [0.5, 0.6) is 0 Å². The fraction of sp³-hybridized carbons (Fsp3) is 0.500. The van der Waals surface area contributed by atoms with Gasteiger partial charge in [0.15, 0.2) is 0 Å². The van der Waals surface area contributed by atoms with Crippen LogP contribution in [0.4, 0.5) is 11.5 Å². The van der Waals surface area contributed by atoms with Crippen molar-refractivity contribution < 1.29 is 9.13 Å². The van der Waals surface area contributed by atoms with Crippen LogP contribution in [0.1, 0.15) is 13.3 Å². The summed E-state index contributed by atoms with van der Waals surface area (Å²) >= 11 is 5.69. The topological polar surface area (TPSA) is 85.1 Å². The van der Waals surface area contributed by atoms with E-state index >= 15 is 0 Å². The molecule has 0 bridgehead atoms. The minimum atomic E-state index is -0.907. The predicted octanol–water partition coefficient (Wildman–Crippen LogP) is 2.21. The molecule has 0 saturated carbocycles. The number of nitro groups is 1. The Hall–Kier alpha value is -1.21. The van der Waals surface area contributed by atoms with E-state index in [1.165, 1.54) is 12.1 Å². The average Bonchev–Trinajstić information content (AvgIpc) is 2.28. The molecule has 6 nitrogen and oxygen atoms in total. The molecule has 0 aliphatic rings. The van der Waals surface area contributed by atoms with E-state index < -0.39 is 15.7 Å². The normalized spacial score (nSPS) is 13.9. The summed E-state index contributed by atoms with van der Waals surface area (Å²) in [5, 5.41) is 13.8. The molecule has 0 spiro atoms. The number of nitrogens with one attached hydrogen (secondary N) is 1. The van der Waals surface area contributed by atoms with E-state index in [9.17, 15) is 14.3 Å². The highest BCUT2D eigenvalue weighted by atomic mass is 35.5. The molecule has 0 aliphatic heterocycles. The highest BCUT2D eigenvalue weighted by molar-refractivity contribution is 7.84. The van der Waals surface area contributed by atoms with Gasteiger partial charge < -0.3 is 5.32 Å². The van der Waals surface area contributed by atoms with E-state index in [4.69, 9.17) is 11.6 Å². The third-order valence-corrected chi connectivity index (χ3v) is 4.03. The molecule has 1 aromatic heterocycles. The molecule has 0 radical (unpaired) electrons. The zero-order valence-electron chi connectivity index (χ0n) is 10.1. The molecular weight excluding hydrogens is 278 g/mol. The van der Waals surface area contributed by atoms with E-state index in [1.807, 2.05) is 6.92 Å². The lowest BCUT2D eigenvalue weighted by Crippen LogP contribution is -2.15. The lowest BCUT2D eigenvalue weighted by molar-refractivity contribution is -0.384. The van der Waals surface area contributed by atoms with Gasteiger partial charge in [0.25, 0.3) is 0 Å². The molecule has 1 aromatic rings. The Bertz CT molecular complexity index is 470. The van der Waals surface area contributed by atoms with Crippen LogP contribution in [0, 0.1) is 10.1 Å². The summed E-state index contributed by atoms with van der Waals surface area (Å²) in [4.78, 5) is 14.1. The van der Waals surface area contributed by atoms with Crippen LogP contribution in [-0.2, 0) is 10.8 Å². The Kier molecular flexibility index (Phi) is 5.49. The number of anilines is 1. The van der Waals surface area contributed by atoms with Crippen molar-refractivity contribution in [1.29, 1.82) is 0 Å². The summed E-state index contributed by atoms with van der Waals surface area (Å²) in [6.45, 7) is 2.31. The van der Waals surface area contributed by atoms with Crippen LogP contribution in [0.2, 0.25) is 5.15 Å². The SMILES string of the molecule is CC(CCNc1nc(Cl)ccc1[N+](=O)[O-])S(C)=O. The maximum Gasteiger partial charge on any atom is 0.311 e. The van der Waals surface area contributed by atoms with Gasteiger partial charge in [-0.15, -0.1) is 0 Å². The minimum Gasteiger partial charge on any atom is -0.364 e. The van der Waals surface area contributed by atoms with Crippen molar-refractivity contribution in [2.45, 2.75) is 18.6 Å². The molecule has 2 unspecified atom stereocenters. The number of rotatable bonds is 6. The molecule has 0 amide bonds. The van der Waals surface area contributed by atoms with Crippen LogP contribution >= 0.6 is 11.6 Å². The Balaban J connectivity index is 2.69. The van der Waals surface area contributed by atoms with E-state index in [2.05, 4.69) is 10.3 Å². The molecule has 0 saturated heterocycles. The fourth-order valence-electron chi connectivity index (χ4n) is 1.27. The van der Waals surface area contributed by atoms with Crippen molar-refractivity contribution in [3.63, 3.8) is 0 Å². The zero-order chi connectivity index (χ0) is 13.7. The summed E-state index contributed by atoms with van der Waals surface area (Å²) in [5.74, 6) is 0.140. The Morgan fingerprint density at radius 1 is 1.61 bits per heavy atom. The molecule has 0 fully saturated rings. The lowest BCUT2D eigenvalue weighted by atomic mass is 10.3. The first-order valence-corrected chi connectivity index (χ1v) is 7.28. The maximum atomic E-state index is 11.2. The molecule has 1 rings (SSSR count). The second-order valence-electron chi connectivity index (χ2n) is 3.78. The molecular formula is C10H14ClN3O3S. The van der Waals surface area contributed by atoms with Crippen LogP contribution in [0.15, 0.2) is 12.1 Å². The standard InChI is InChI=1S/C10H14ClN3O3S/c1-7(18(2)17)5-6-12-10-8(14(15)16)3-4-9(11)13-10/h3-4,7H,5-6H2,1-2H3,(H,12,13). The highest BCUT2D eigenvalue weighted by Crippen LogP contribution is 2.23.